The number of hydrogen-bond donors (Lipinski definition) is 0. The van der Waals surface area contributed by atoms with Gasteiger partial charge in [-0.05, 0) is 53.3 Å². The van der Waals surface area contributed by atoms with Gasteiger partial charge in [-0.1, -0.05) is 88.3 Å². The molecule has 1 fully saturated rings. The molecule has 0 N–H and O–H groups in total. The Balaban J connectivity index is 1.42. The fourth-order valence-electron chi connectivity index (χ4n) is 5.06. The van der Waals surface area contributed by atoms with Gasteiger partial charge in [0.25, 0.3) is 0 Å². The van der Waals surface area contributed by atoms with Crippen LogP contribution in [0.15, 0.2) is 48.5 Å². The van der Waals surface area contributed by atoms with Gasteiger partial charge in [-0.15, -0.1) is 0 Å². The van der Waals surface area contributed by atoms with E-state index in [2.05, 4.69) is 13.0 Å². The van der Waals surface area contributed by atoms with Crippen LogP contribution in [0.3, 0.4) is 0 Å². The molecule has 0 radical (unpaired) electrons. The molecule has 3 heteroatoms. The van der Waals surface area contributed by atoms with E-state index in [1.165, 1.54) is 63.0 Å². The van der Waals surface area contributed by atoms with Crippen molar-refractivity contribution in [3.63, 3.8) is 0 Å². The number of fused-ring (bicyclic) bond motifs is 1. The summed E-state index contributed by atoms with van der Waals surface area (Å²) in [6.07, 6.45) is 11.7. The van der Waals surface area contributed by atoms with E-state index in [0.29, 0.717) is 16.5 Å². The SMILES string of the molecule is CCCC[C@H]1CC[C@H](CCc2ccc3c(F)c(-c4ccc(F)c(F)c4)ccc3c2)CC1. The molecule has 0 spiro atoms. The van der Waals surface area contributed by atoms with Crippen LogP contribution >= 0.6 is 0 Å². The average molecular weight is 425 g/mol. The minimum atomic E-state index is -0.966. The van der Waals surface area contributed by atoms with Crippen molar-refractivity contribution in [3.8, 4) is 11.1 Å². The van der Waals surface area contributed by atoms with Crippen molar-refractivity contribution in [2.24, 2.45) is 11.8 Å². The highest BCUT2D eigenvalue weighted by Crippen LogP contribution is 2.35. The Labute approximate surface area is 183 Å². The van der Waals surface area contributed by atoms with E-state index in [1.54, 1.807) is 6.07 Å². The van der Waals surface area contributed by atoms with Crippen LogP contribution in [-0.2, 0) is 6.42 Å². The highest BCUT2D eigenvalue weighted by Gasteiger charge is 2.20. The maximum atomic E-state index is 15.1. The maximum absolute atomic E-state index is 15.1. The lowest BCUT2D eigenvalue weighted by Crippen LogP contribution is -2.15. The molecule has 31 heavy (non-hydrogen) atoms. The third-order valence-electron chi connectivity index (χ3n) is 7.02. The molecular weight excluding hydrogens is 393 g/mol. The number of hydrogen-bond acceptors (Lipinski definition) is 0. The first-order valence-electron chi connectivity index (χ1n) is 11.7. The van der Waals surface area contributed by atoms with E-state index in [-0.39, 0.29) is 5.82 Å². The molecule has 0 saturated heterocycles. The van der Waals surface area contributed by atoms with Crippen molar-refractivity contribution in [1.82, 2.24) is 0 Å². The summed E-state index contributed by atoms with van der Waals surface area (Å²) in [6, 6.07) is 12.9. The zero-order valence-corrected chi connectivity index (χ0v) is 18.3. The molecule has 1 aliphatic carbocycles. The average Bonchev–Trinajstić information content (AvgIpc) is 2.79. The molecule has 0 nitrogen and oxygen atoms in total. The Morgan fingerprint density at radius 1 is 0.774 bits per heavy atom. The Morgan fingerprint density at radius 3 is 2.23 bits per heavy atom. The summed E-state index contributed by atoms with van der Waals surface area (Å²) in [5.74, 6) is -0.541. The van der Waals surface area contributed by atoms with E-state index in [4.69, 9.17) is 0 Å². The molecule has 4 rings (SSSR count). The fourth-order valence-corrected chi connectivity index (χ4v) is 5.06. The second kappa shape index (κ2) is 9.89. The standard InChI is InChI=1S/C28H31F3/c1-2-3-4-19-5-7-20(8-6-19)9-10-21-11-14-24-22(17-21)12-15-25(28(24)31)23-13-16-26(29)27(30)18-23/h11-20H,2-10H2,1H3/t19-,20-. The number of halogens is 3. The van der Waals surface area contributed by atoms with Gasteiger partial charge >= 0.3 is 0 Å². The highest BCUT2D eigenvalue weighted by molar-refractivity contribution is 5.88. The zero-order valence-electron chi connectivity index (χ0n) is 18.3. The van der Waals surface area contributed by atoms with Crippen molar-refractivity contribution in [2.75, 3.05) is 0 Å². The van der Waals surface area contributed by atoms with Crippen LogP contribution in [0.5, 0.6) is 0 Å². The summed E-state index contributed by atoms with van der Waals surface area (Å²) in [5, 5.41) is 1.37. The summed E-state index contributed by atoms with van der Waals surface area (Å²) >= 11 is 0. The van der Waals surface area contributed by atoms with Gasteiger partial charge in [-0.2, -0.15) is 0 Å². The van der Waals surface area contributed by atoms with Crippen LogP contribution in [0.25, 0.3) is 21.9 Å². The predicted octanol–water partition coefficient (Wildman–Crippen LogP) is 8.85. The highest BCUT2D eigenvalue weighted by atomic mass is 19.2. The van der Waals surface area contributed by atoms with E-state index >= 15 is 4.39 Å². The molecule has 0 bridgehead atoms. The Morgan fingerprint density at radius 2 is 1.52 bits per heavy atom. The Hall–Kier alpha value is -2.29. The second-order valence-corrected chi connectivity index (χ2v) is 9.18. The molecular formula is C28H31F3. The first-order chi connectivity index (χ1) is 15.0. The molecule has 3 aromatic rings. The van der Waals surface area contributed by atoms with E-state index in [0.717, 1.165) is 35.8 Å². The van der Waals surface area contributed by atoms with Crippen molar-refractivity contribution < 1.29 is 13.2 Å². The molecule has 0 atom stereocenters. The van der Waals surface area contributed by atoms with E-state index < -0.39 is 11.6 Å². The third kappa shape index (κ3) is 5.14. The van der Waals surface area contributed by atoms with Gasteiger partial charge in [-0.25, -0.2) is 13.2 Å². The minimum Gasteiger partial charge on any atom is -0.206 e. The molecule has 0 unspecified atom stereocenters. The van der Waals surface area contributed by atoms with Gasteiger partial charge < -0.3 is 0 Å². The predicted molar refractivity (Wildman–Crippen MR) is 123 cm³/mol. The zero-order chi connectivity index (χ0) is 21.8. The number of aryl methyl sites for hydroxylation is 1. The normalized spacial score (nSPS) is 19.1. The summed E-state index contributed by atoms with van der Waals surface area (Å²) < 4.78 is 41.9. The first kappa shape index (κ1) is 21.9. The van der Waals surface area contributed by atoms with Crippen LogP contribution in [0, 0.1) is 29.3 Å². The van der Waals surface area contributed by atoms with Gasteiger partial charge in [0.15, 0.2) is 11.6 Å². The molecule has 0 amide bonds. The van der Waals surface area contributed by atoms with Crippen LogP contribution in [-0.4, -0.2) is 0 Å². The topological polar surface area (TPSA) is 0 Å². The summed E-state index contributed by atoms with van der Waals surface area (Å²) in [4.78, 5) is 0. The van der Waals surface area contributed by atoms with Gasteiger partial charge in [0.1, 0.15) is 5.82 Å². The van der Waals surface area contributed by atoms with Gasteiger partial charge in [-0.3, -0.25) is 0 Å². The first-order valence-corrected chi connectivity index (χ1v) is 11.7. The van der Waals surface area contributed by atoms with Crippen LogP contribution in [0.1, 0.15) is 63.9 Å². The number of unbranched alkanes of at least 4 members (excludes halogenated alkanes) is 1. The lowest BCUT2D eigenvalue weighted by molar-refractivity contribution is 0.250. The monoisotopic (exact) mass is 424 g/mol. The number of benzene rings is 3. The fraction of sp³-hybridized carbons (Fsp3) is 0.429. The summed E-state index contributed by atoms with van der Waals surface area (Å²) in [7, 11) is 0. The van der Waals surface area contributed by atoms with Crippen molar-refractivity contribution in [1.29, 1.82) is 0 Å². The maximum Gasteiger partial charge on any atom is 0.159 e. The van der Waals surface area contributed by atoms with E-state index in [9.17, 15) is 8.78 Å². The molecule has 0 heterocycles. The molecule has 0 aromatic heterocycles. The van der Waals surface area contributed by atoms with Crippen molar-refractivity contribution in [3.05, 3.63) is 71.5 Å². The molecule has 1 saturated carbocycles. The Bertz CT molecular complexity index is 1030. The molecule has 1 aliphatic rings. The molecule has 0 aliphatic heterocycles. The van der Waals surface area contributed by atoms with E-state index in [1.807, 2.05) is 18.2 Å². The molecule has 164 valence electrons. The lowest BCUT2D eigenvalue weighted by atomic mass is 9.78. The van der Waals surface area contributed by atoms with Gasteiger partial charge in [0, 0.05) is 10.9 Å². The quantitative estimate of drug-likeness (QED) is 0.355. The molecule has 3 aromatic carbocycles. The second-order valence-electron chi connectivity index (χ2n) is 9.18. The summed E-state index contributed by atoms with van der Waals surface area (Å²) in [6.45, 7) is 2.27. The largest absolute Gasteiger partial charge is 0.206 e. The van der Waals surface area contributed by atoms with Crippen molar-refractivity contribution >= 4 is 10.8 Å². The van der Waals surface area contributed by atoms with Gasteiger partial charge in [0.05, 0.1) is 0 Å². The van der Waals surface area contributed by atoms with Crippen LogP contribution in [0.2, 0.25) is 0 Å². The minimum absolute atomic E-state index is 0.291. The third-order valence-corrected chi connectivity index (χ3v) is 7.02. The van der Waals surface area contributed by atoms with Crippen molar-refractivity contribution in [2.45, 2.75) is 64.7 Å². The van der Waals surface area contributed by atoms with Gasteiger partial charge in [0.2, 0.25) is 0 Å². The number of rotatable bonds is 7. The van der Waals surface area contributed by atoms with Crippen LogP contribution in [0.4, 0.5) is 13.2 Å². The lowest BCUT2D eigenvalue weighted by Gasteiger charge is -2.28. The Kier molecular flexibility index (Phi) is 6.99. The summed E-state index contributed by atoms with van der Waals surface area (Å²) in [5.41, 5.74) is 1.87. The smallest absolute Gasteiger partial charge is 0.159 e. The van der Waals surface area contributed by atoms with Crippen LogP contribution < -0.4 is 0 Å².